The molecule has 144 valence electrons. The van der Waals surface area contributed by atoms with Gasteiger partial charge < -0.3 is 24.3 Å². The summed E-state index contributed by atoms with van der Waals surface area (Å²) < 4.78 is 20.8. The van der Waals surface area contributed by atoms with Gasteiger partial charge in [-0.15, -0.1) is 0 Å². The van der Waals surface area contributed by atoms with E-state index in [1.807, 2.05) is 0 Å². The Kier molecular flexibility index (Phi) is 6.42. The average molecular weight is 376 g/mol. The summed E-state index contributed by atoms with van der Waals surface area (Å²) in [5.41, 5.74) is 0.178. The molecule has 0 heterocycles. The van der Waals surface area contributed by atoms with E-state index in [2.05, 4.69) is 5.32 Å². The molecule has 1 atom stereocenters. The van der Waals surface area contributed by atoms with Gasteiger partial charge in [0.25, 0.3) is 5.91 Å². The van der Waals surface area contributed by atoms with Gasteiger partial charge in [0.05, 0.1) is 32.3 Å². The highest BCUT2D eigenvalue weighted by atomic mass is 16.6. The number of ether oxygens (including phenoxy) is 4. The van der Waals surface area contributed by atoms with Crippen molar-refractivity contribution in [3.8, 4) is 23.0 Å². The SMILES string of the molecule is COc1ccc(O[C@@H](C)C(=O)Nc2ccc(OC)c(OC)c2)c([N+](=O)[O-])c1. The first-order chi connectivity index (χ1) is 12.9. The van der Waals surface area contributed by atoms with E-state index in [1.54, 1.807) is 18.2 Å². The fourth-order valence-electron chi connectivity index (χ4n) is 2.27. The number of amides is 1. The third kappa shape index (κ3) is 4.78. The van der Waals surface area contributed by atoms with Gasteiger partial charge in [0, 0.05) is 11.8 Å². The number of carbonyl (C=O) groups excluding carboxylic acids is 1. The molecule has 0 unspecified atom stereocenters. The van der Waals surface area contributed by atoms with Crippen LogP contribution in [0, 0.1) is 10.1 Å². The molecule has 0 aliphatic rings. The molecule has 1 amide bonds. The molecule has 0 aliphatic heterocycles. The molecule has 0 saturated carbocycles. The normalized spacial score (nSPS) is 11.3. The molecule has 2 rings (SSSR count). The van der Waals surface area contributed by atoms with Crippen LogP contribution in [0.4, 0.5) is 11.4 Å². The molecule has 27 heavy (non-hydrogen) atoms. The second kappa shape index (κ2) is 8.75. The minimum atomic E-state index is -0.981. The predicted octanol–water partition coefficient (Wildman–Crippen LogP) is 3.03. The largest absolute Gasteiger partial charge is 0.496 e. The molecule has 0 aromatic heterocycles. The molecular weight excluding hydrogens is 356 g/mol. The van der Waals surface area contributed by atoms with Gasteiger partial charge in [-0.2, -0.15) is 0 Å². The topological polar surface area (TPSA) is 109 Å². The van der Waals surface area contributed by atoms with E-state index in [1.165, 1.54) is 46.5 Å². The number of nitrogens with zero attached hydrogens (tertiary/aromatic N) is 1. The summed E-state index contributed by atoms with van der Waals surface area (Å²) in [6.45, 7) is 1.49. The van der Waals surface area contributed by atoms with Crippen LogP contribution in [0.25, 0.3) is 0 Å². The quantitative estimate of drug-likeness (QED) is 0.557. The van der Waals surface area contributed by atoms with Crippen LogP contribution >= 0.6 is 0 Å². The first-order valence-electron chi connectivity index (χ1n) is 7.91. The lowest BCUT2D eigenvalue weighted by atomic mass is 10.2. The van der Waals surface area contributed by atoms with Gasteiger partial charge in [-0.05, 0) is 31.2 Å². The summed E-state index contributed by atoms with van der Waals surface area (Å²) in [6.07, 6.45) is -0.981. The fraction of sp³-hybridized carbons (Fsp3) is 0.278. The lowest BCUT2D eigenvalue weighted by Crippen LogP contribution is -2.30. The Balaban J connectivity index is 2.13. The maximum absolute atomic E-state index is 12.4. The molecule has 0 aliphatic carbocycles. The second-order valence-electron chi connectivity index (χ2n) is 5.41. The van der Waals surface area contributed by atoms with E-state index < -0.39 is 16.9 Å². The fourth-order valence-corrected chi connectivity index (χ4v) is 2.27. The summed E-state index contributed by atoms with van der Waals surface area (Å²) in [5.74, 6) is 0.780. The number of nitro groups is 1. The third-order valence-electron chi connectivity index (χ3n) is 3.69. The number of anilines is 1. The second-order valence-corrected chi connectivity index (χ2v) is 5.41. The highest BCUT2D eigenvalue weighted by Crippen LogP contribution is 2.32. The summed E-state index contributed by atoms with van der Waals surface area (Å²) >= 11 is 0. The van der Waals surface area contributed by atoms with E-state index >= 15 is 0 Å². The molecule has 9 nitrogen and oxygen atoms in total. The van der Waals surface area contributed by atoms with Crippen molar-refractivity contribution in [3.05, 3.63) is 46.5 Å². The zero-order valence-electron chi connectivity index (χ0n) is 15.3. The predicted molar refractivity (Wildman–Crippen MR) is 97.9 cm³/mol. The van der Waals surface area contributed by atoms with Crippen molar-refractivity contribution in [2.75, 3.05) is 26.6 Å². The number of hydrogen-bond donors (Lipinski definition) is 1. The van der Waals surface area contributed by atoms with Crippen molar-refractivity contribution in [2.24, 2.45) is 0 Å². The maximum atomic E-state index is 12.4. The van der Waals surface area contributed by atoms with Crippen molar-refractivity contribution in [3.63, 3.8) is 0 Å². The highest BCUT2D eigenvalue weighted by molar-refractivity contribution is 5.94. The lowest BCUT2D eigenvalue weighted by Gasteiger charge is -2.16. The van der Waals surface area contributed by atoms with Crippen LogP contribution in [0.5, 0.6) is 23.0 Å². The molecule has 0 bridgehead atoms. The maximum Gasteiger partial charge on any atom is 0.314 e. The molecule has 0 saturated heterocycles. The van der Waals surface area contributed by atoms with Gasteiger partial charge in [-0.3, -0.25) is 14.9 Å². The molecule has 2 aromatic carbocycles. The van der Waals surface area contributed by atoms with Crippen LogP contribution < -0.4 is 24.3 Å². The number of nitrogens with one attached hydrogen (secondary N) is 1. The van der Waals surface area contributed by atoms with Crippen LogP contribution in [0.1, 0.15) is 6.92 Å². The molecule has 0 spiro atoms. The number of nitro benzene ring substituents is 1. The first-order valence-corrected chi connectivity index (χ1v) is 7.91. The Labute approximate surface area is 155 Å². The minimum absolute atomic E-state index is 0.0317. The van der Waals surface area contributed by atoms with E-state index in [4.69, 9.17) is 18.9 Å². The first kappa shape index (κ1) is 19.8. The smallest absolute Gasteiger partial charge is 0.314 e. The molecule has 1 N–H and O–H groups in total. The summed E-state index contributed by atoms with van der Waals surface area (Å²) in [7, 11) is 4.39. The van der Waals surface area contributed by atoms with Gasteiger partial charge in [0.15, 0.2) is 23.4 Å². The van der Waals surface area contributed by atoms with Gasteiger partial charge in [-0.25, -0.2) is 0 Å². The van der Waals surface area contributed by atoms with E-state index in [9.17, 15) is 14.9 Å². The Morgan fingerprint density at radius 3 is 2.26 bits per heavy atom. The van der Waals surface area contributed by atoms with Crippen molar-refractivity contribution >= 4 is 17.3 Å². The van der Waals surface area contributed by atoms with Gasteiger partial charge in [-0.1, -0.05) is 0 Å². The van der Waals surface area contributed by atoms with Gasteiger partial charge >= 0.3 is 5.69 Å². The van der Waals surface area contributed by atoms with Crippen molar-refractivity contribution in [2.45, 2.75) is 13.0 Å². The molecule has 0 radical (unpaired) electrons. The van der Waals surface area contributed by atoms with E-state index in [0.717, 1.165) is 0 Å². The lowest BCUT2D eigenvalue weighted by molar-refractivity contribution is -0.386. The molecule has 2 aromatic rings. The van der Waals surface area contributed by atoms with E-state index in [0.29, 0.717) is 22.9 Å². The van der Waals surface area contributed by atoms with Crippen LogP contribution in [0.2, 0.25) is 0 Å². The van der Waals surface area contributed by atoms with Gasteiger partial charge in [0.1, 0.15) is 5.75 Å². The summed E-state index contributed by atoms with van der Waals surface area (Å²) in [5, 5.41) is 13.9. The number of methoxy groups -OCH3 is 3. The van der Waals surface area contributed by atoms with Gasteiger partial charge in [0.2, 0.25) is 0 Å². The Bertz CT molecular complexity index is 838. The number of hydrogen-bond acceptors (Lipinski definition) is 7. The summed E-state index contributed by atoms with van der Waals surface area (Å²) in [6, 6.07) is 9.02. The Hall–Kier alpha value is -3.49. The van der Waals surface area contributed by atoms with Crippen LogP contribution in [0.3, 0.4) is 0 Å². The number of benzene rings is 2. The van der Waals surface area contributed by atoms with Crippen LogP contribution in [0.15, 0.2) is 36.4 Å². The third-order valence-corrected chi connectivity index (χ3v) is 3.69. The standard InChI is InChI=1S/C18H20N2O7/c1-11(27-15-8-6-13(24-2)10-14(15)20(22)23)18(21)19-12-5-7-16(25-3)17(9-12)26-4/h5-11H,1-4H3,(H,19,21)/t11-/m0/s1. The zero-order chi connectivity index (χ0) is 20.0. The monoisotopic (exact) mass is 376 g/mol. The molecular formula is C18H20N2O7. The zero-order valence-corrected chi connectivity index (χ0v) is 15.3. The highest BCUT2D eigenvalue weighted by Gasteiger charge is 2.22. The summed E-state index contributed by atoms with van der Waals surface area (Å²) in [4.78, 5) is 23.0. The van der Waals surface area contributed by atoms with Crippen molar-refractivity contribution in [1.29, 1.82) is 0 Å². The molecule has 0 fully saturated rings. The number of carbonyl (C=O) groups is 1. The average Bonchev–Trinajstić information content (AvgIpc) is 2.67. The Morgan fingerprint density at radius 1 is 1.00 bits per heavy atom. The minimum Gasteiger partial charge on any atom is -0.496 e. The number of rotatable bonds is 8. The van der Waals surface area contributed by atoms with Crippen molar-refractivity contribution < 1.29 is 28.7 Å². The van der Waals surface area contributed by atoms with Crippen molar-refractivity contribution in [1.82, 2.24) is 0 Å². The van der Waals surface area contributed by atoms with E-state index in [-0.39, 0.29) is 11.4 Å². The Morgan fingerprint density at radius 2 is 1.67 bits per heavy atom. The van der Waals surface area contributed by atoms with Crippen LogP contribution in [-0.2, 0) is 4.79 Å². The van der Waals surface area contributed by atoms with Crippen LogP contribution in [-0.4, -0.2) is 38.3 Å². The molecule has 9 heteroatoms.